The van der Waals surface area contributed by atoms with E-state index in [1.807, 2.05) is 78.9 Å². The van der Waals surface area contributed by atoms with Crippen LogP contribution in [-0.2, 0) is 32.6 Å². The van der Waals surface area contributed by atoms with Crippen molar-refractivity contribution in [3.8, 4) is 0 Å². The van der Waals surface area contributed by atoms with Crippen LogP contribution < -0.4 is 0 Å². The minimum Gasteiger partial charge on any atom is -0.625 e. The van der Waals surface area contributed by atoms with E-state index in [0.29, 0.717) is 23.5 Å². The van der Waals surface area contributed by atoms with Crippen LogP contribution >= 0.6 is 0 Å². The largest absolute Gasteiger partial charge is 2.00 e. The van der Waals surface area contributed by atoms with E-state index in [4.69, 9.17) is 4.99 Å². The summed E-state index contributed by atoms with van der Waals surface area (Å²) in [6.45, 7) is 3.26. The van der Waals surface area contributed by atoms with Crippen LogP contribution in [0.15, 0.2) is 102 Å². The van der Waals surface area contributed by atoms with Crippen molar-refractivity contribution < 1.29 is 31.2 Å². The predicted octanol–water partition coefficient (Wildman–Crippen LogP) is 6.92. The third-order valence-electron chi connectivity index (χ3n) is 8.07. The molecule has 214 valence electrons. The molecule has 1 saturated heterocycles. The molecule has 3 aromatic rings. The van der Waals surface area contributed by atoms with Crippen LogP contribution in [0.4, 0.5) is 5.69 Å². The molecule has 0 radical (unpaired) electrons. The molecule has 2 aliphatic rings. The monoisotopic (exact) mass is 592 g/mol. The first-order chi connectivity index (χ1) is 19.5. The van der Waals surface area contributed by atoms with Gasteiger partial charge in [0.25, 0.3) is 0 Å². The first-order valence-corrected chi connectivity index (χ1v) is 14.1. The van der Waals surface area contributed by atoms with Crippen LogP contribution in [0.5, 0.6) is 0 Å². The Morgan fingerprint density at radius 2 is 1.63 bits per heavy atom. The number of carboxylic acid groups (broad SMARTS) is 1. The number of hydrogen-bond donors (Lipinski definition) is 1. The molecule has 7 heteroatoms. The van der Waals surface area contributed by atoms with Crippen molar-refractivity contribution in [3.05, 3.63) is 119 Å². The molecule has 0 bridgehead atoms. The molecule has 0 aromatic heterocycles. The SMILES string of the molecule is CC(N=C(c1ccccc1)c1ccccc1[N-]C(=O)C1CCCN1Cc1ccccc1)(C(=O)O)C1C=CCCC1.[Ni+2]. The number of carbonyl (C=O) groups excluding carboxylic acids is 1. The van der Waals surface area contributed by atoms with Gasteiger partial charge in [-0.3, -0.25) is 9.89 Å². The molecule has 1 fully saturated rings. The van der Waals surface area contributed by atoms with Gasteiger partial charge in [-0.15, -0.1) is 5.69 Å². The average molecular weight is 593 g/mol. The number of hydrogen-bond acceptors (Lipinski definition) is 4. The number of carboxylic acids is 1. The van der Waals surface area contributed by atoms with Crippen LogP contribution in [0.2, 0.25) is 0 Å². The van der Waals surface area contributed by atoms with Gasteiger partial charge in [-0.05, 0) is 56.7 Å². The normalized spacial score (nSPS) is 20.6. The van der Waals surface area contributed by atoms with Crippen molar-refractivity contribution in [2.45, 2.75) is 57.2 Å². The van der Waals surface area contributed by atoms with Crippen molar-refractivity contribution >= 4 is 23.3 Å². The summed E-state index contributed by atoms with van der Waals surface area (Å²) in [7, 11) is 0. The molecule has 1 amide bonds. The fraction of sp³-hybridized carbons (Fsp3) is 0.324. The van der Waals surface area contributed by atoms with E-state index >= 15 is 0 Å². The summed E-state index contributed by atoms with van der Waals surface area (Å²) in [5.74, 6) is -1.37. The second-order valence-electron chi connectivity index (χ2n) is 10.8. The Bertz CT molecular complexity index is 1390. The van der Waals surface area contributed by atoms with Gasteiger partial charge < -0.3 is 15.2 Å². The quantitative estimate of drug-likeness (QED) is 0.166. The summed E-state index contributed by atoms with van der Waals surface area (Å²) in [5.41, 5.74) is 2.29. The van der Waals surface area contributed by atoms with Gasteiger partial charge in [-0.25, -0.2) is 4.79 Å². The topological polar surface area (TPSA) is 84.1 Å². The van der Waals surface area contributed by atoms with E-state index < -0.39 is 11.5 Å². The minimum atomic E-state index is -1.36. The smallest absolute Gasteiger partial charge is 0.625 e. The van der Waals surface area contributed by atoms with Crippen molar-refractivity contribution in [2.24, 2.45) is 10.9 Å². The molecule has 1 heterocycles. The molecule has 1 aliphatic carbocycles. The third kappa shape index (κ3) is 7.03. The molecular formula is C34H36N3NiO3+. The van der Waals surface area contributed by atoms with Crippen molar-refractivity contribution in [1.29, 1.82) is 0 Å². The zero-order valence-electron chi connectivity index (χ0n) is 23.3. The minimum absolute atomic E-state index is 0. The second-order valence-corrected chi connectivity index (χ2v) is 10.8. The standard InChI is InChI=1S/C34H37N3O3.Ni/c1-34(33(39)40,27-18-9-4-10-19-27)36-31(26-16-7-3-8-17-26)28-20-11-12-21-29(28)35-32(38)30-22-13-23-37(30)24-25-14-5-2-6-15-25;/h2-3,5-9,11-12,14-18,20-21,27,30H,4,10,13,19,22-24H2,1H3,(H2,35,36,38,39,40);/q;+2/p-1. The van der Waals surface area contributed by atoms with Gasteiger partial charge in [0.1, 0.15) is 0 Å². The van der Waals surface area contributed by atoms with Gasteiger partial charge in [0.15, 0.2) is 5.54 Å². The maximum atomic E-state index is 13.6. The summed E-state index contributed by atoms with van der Waals surface area (Å²) in [4.78, 5) is 33.5. The van der Waals surface area contributed by atoms with Crippen LogP contribution in [-0.4, -0.2) is 45.7 Å². The number of benzene rings is 3. The summed E-state index contributed by atoms with van der Waals surface area (Å²) in [6, 6.07) is 26.9. The Morgan fingerprint density at radius 3 is 2.32 bits per heavy atom. The molecule has 3 unspecified atom stereocenters. The molecule has 1 N–H and O–H groups in total. The predicted molar refractivity (Wildman–Crippen MR) is 159 cm³/mol. The average Bonchev–Trinajstić information content (AvgIpc) is 3.46. The molecule has 5 rings (SSSR count). The number of rotatable bonds is 9. The molecule has 41 heavy (non-hydrogen) atoms. The third-order valence-corrected chi connectivity index (χ3v) is 8.07. The van der Waals surface area contributed by atoms with E-state index in [1.54, 1.807) is 6.92 Å². The maximum Gasteiger partial charge on any atom is 2.00 e. The van der Waals surface area contributed by atoms with Gasteiger partial charge in [-0.1, -0.05) is 97.1 Å². The number of aliphatic carboxylic acids is 1. The van der Waals surface area contributed by atoms with E-state index in [2.05, 4.69) is 28.4 Å². The molecule has 6 nitrogen and oxygen atoms in total. The summed E-state index contributed by atoms with van der Waals surface area (Å²) in [5, 5.41) is 15.1. The first-order valence-electron chi connectivity index (χ1n) is 14.1. The van der Waals surface area contributed by atoms with E-state index in [0.717, 1.165) is 44.2 Å². The molecule has 0 spiro atoms. The zero-order chi connectivity index (χ0) is 28.0. The summed E-state index contributed by atoms with van der Waals surface area (Å²) in [6.07, 6.45) is 8.40. The van der Waals surface area contributed by atoms with Crippen LogP contribution in [0.3, 0.4) is 0 Å². The summed E-state index contributed by atoms with van der Waals surface area (Å²) < 4.78 is 0. The molecule has 1 aliphatic heterocycles. The number of aliphatic imine (C=N–C) groups is 1. The first kappa shape index (κ1) is 30.4. The van der Waals surface area contributed by atoms with Crippen molar-refractivity contribution in [2.75, 3.05) is 6.54 Å². The number of para-hydroxylation sites is 1. The second kappa shape index (κ2) is 13.9. The Kier molecular flexibility index (Phi) is 10.3. The zero-order valence-corrected chi connectivity index (χ0v) is 24.3. The van der Waals surface area contributed by atoms with Gasteiger partial charge in [-0.2, -0.15) is 0 Å². The van der Waals surface area contributed by atoms with Gasteiger partial charge >= 0.3 is 22.5 Å². The van der Waals surface area contributed by atoms with Crippen LogP contribution in [0, 0.1) is 5.92 Å². The van der Waals surface area contributed by atoms with Crippen LogP contribution in [0.1, 0.15) is 55.7 Å². The number of likely N-dealkylation sites (tertiary alicyclic amines) is 1. The Morgan fingerprint density at radius 1 is 0.951 bits per heavy atom. The molecular weight excluding hydrogens is 557 g/mol. The maximum absolute atomic E-state index is 13.6. The molecule has 3 aromatic carbocycles. The Hall–Kier alpha value is -3.54. The number of carbonyl (C=O) groups is 2. The van der Waals surface area contributed by atoms with E-state index in [1.165, 1.54) is 5.56 Å². The van der Waals surface area contributed by atoms with Crippen molar-refractivity contribution in [3.63, 3.8) is 0 Å². The van der Waals surface area contributed by atoms with Crippen LogP contribution in [0.25, 0.3) is 5.32 Å². The number of allylic oxidation sites excluding steroid dienone is 1. The fourth-order valence-corrected chi connectivity index (χ4v) is 5.76. The summed E-state index contributed by atoms with van der Waals surface area (Å²) >= 11 is 0. The van der Waals surface area contributed by atoms with E-state index in [9.17, 15) is 14.7 Å². The van der Waals surface area contributed by atoms with Gasteiger partial charge in [0.05, 0.1) is 17.7 Å². The molecule has 3 atom stereocenters. The Balaban J connectivity index is 0.00000387. The Labute approximate surface area is 252 Å². The number of nitrogens with zero attached hydrogens (tertiary/aromatic N) is 3. The van der Waals surface area contributed by atoms with Crippen molar-refractivity contribution in [1.82, 2.24) is 4.90 Å². The number of amides is 1. The van der Waals surface area contributed by atoms with Gasteiger partial charge in [0.2, 0.25) is 0 Å². The van der Waals surface area contributed by atoms with Gasteiger partial charge in [0, 0.05) is 18.0 Å². The molecule has 0 saturated carbocycles. The van der Waals surface area contributed by atoms with E-state index in [-0.39, 0.29) is 34.4 Å². The fourth-order valence-electron chi connectivity index (χ4n) is 5.76.